The molecule has 2 N–H and O–H groups in total. The summed E-state index contributed by atoms with van der Waals surface area (Å²) in [6.45, 7) is 1.07. The van der Waals surface area contributed by atoms with Crippen molar-refractivity contribution in [1.82, 2.24) is 4.90 Å². The molecule has 0 aromatic carbocycles. The third kappa shape index (κ3) is 3.29. The van der Waals surface area contributed by atoms with Crippen LogP contribution in [-0.2, 0) is 6.54 Å². The first-order valence-corrected chi connectivity index (χ1v) is 7.46. The van der Waals surface area contributed by atoms with Crippen molar-refractivity contribution in [3.05, 3.63) is 20.8 Å². The molecular weight excluding hydrogens is 284 g/mol. The van der Waals surface area contributed by atoms with Gasteiger partial charge < -0.3 is 5.73 Å². The summed E-state index contributed by atoms with van der Waals surface area (Å²) in [5.74, 6) is 0. The average Bonchev–Trinajstić information content (AvgIpc) is 2.65. The molecule has 1 aromatic rings. The van der Waals surface area contributed by atoms with Crippen LogP contribution in [0.4, 0.5) is 0 Å². The van der Waals surface area contributed by atoms with Crippen LogP contribution in [0.1, 0.15) is 30.6 Å². The molecule has 0 amide bonds. The molecule has 90 valence electrons. The minimum atomic E-state index is 0.445. The number of thiophene rings is 1. The molecule has 1 heterocycles. The highest BCUT2D eigenvalue weighted by Crippen LogP contribution is 2.26. The van der Waals surface area contributed by atoms with Gasteiger partial charge in [-0.2, -0.15) is 0 Å². The molecule has 2 rings (SSSR count). The second kappa shape index (κ2) is 5.63. The molecule has 0 radical (unpaired) electrons. The van der Waals surface area contributed by atoms with Gasteiger partial charge in [0.25, 0.3) is 0 Å². The van der Waals surface area contributed by atoms with Gasteiger partial charge in [-0.3, -0.25) is 4.90 Å². The summed E-state index contributed by atoms with van der Waals surface area (Å²) in [6.07, 6.45) is 4.88. The molecule has 2 nitrogen and oxygen atoms in total. The Morgan fingerprint density at radius 2 is 2.06 bits per heavy atom. The summed E-state index contributed by atoms with van der Waals surface area (Å²) in [7, 11) is 2.23. The van der Waals surface area contributed by atoms with Gasteiger partial charge in [-0.15, -0.1) is 11.3 Å². The van der Waals surface area contributed by atoms with E-state index in [1.807, 2.05) is 11.3 Å². The third-order valence-electron chi connectivity index (χ3n) is 3.40. The molecule has 1 aliphatic rings. The number of rotatable bonds is 3. The van der Waals surface area contributed by atoms with Crippen molar-refractivity contribution < 1.29 is 0 Å². The van der Waals surface area contributed by atoms with Gasteiger partial charge in [0.1, 0.15) is 0 Å². The van der Waals surface area contributed by atoms with Gasteiger partial charge in [0.15, 0.2) is 0 Å². The van der Waals surface area contributed by atoms with E-state index in [-0.39, 0.29) is 0 Å². The predicted octanol–water partition coefficient (Wildman–Crippen LogP) is 3.21. The smallest absolute Gasteiger partial charge is 0.0701 e. The Balaban J connectivity index is 1.85. The molecule has 0 bridgehead atoms. The zero-order valence-electron chi connectivity index (χ0n) is 9.66. The van der Waals surface area contributed by atoms with Crippen LogP contribution >= 0.6 is 27.3 Å². The SMILES string of the molecule is CN(Cc1ccc(Br)s1)C1CCC(N)CC1. The molecule has 0 atom stereocenters. The molecule has 0 aliphatic heterocycles. The fourth-order valence-electron chi connectivity index (χ4n) is 2.35. The zero-order chi connectivity index (χ0) is 11.5. The molecule has 1 aromatic heterocycles. The van der Waals surface area contributed by atoms with E-state index >= 15 is 0 Å². The van der Waals surface area contributed by atoms with Crippen LogP contribution in [0.15, 0.2) is 15.9 Å². The van der Waals surface area contributed by atoms with Gasteiger partial charge in [0.05, 0.1) is 3.79 Å². The van der Waals surface area contributed by atoms with Gasteiger partial charge in [-0.05, 0) is 60.8 Å². The average molecular weight is 303 g/mol. The van der Waals surface area contributed by atoms with E-state index in [4.69, 9.17) is 5.73 Å². The van der Waals surface area contributed by atoms with E-state index in [1.165, 1.54) is 34.3 Å². The maximum absolute atomic E-state index is 5.93. The van der Waals surface area contributed by atoms with E-state index < -0.39 is 0 Å². The number of nitrogens with two attached hydrogens (primary N) is 1. The highest BCUT2D eigenvalue weighted by atomic mass is 79.9. The van der Waals surface area contributed by atoms with Crippen molar-refractivity contribution in [3.63, 3.8) is 0 Å². The Bertz CT molecular complexity index is 332. The minimum Gasteiger partial charge on any atom is -0.328 e. The minimum absolute atomic E-state index is 0.445. The van der Waals surface area contributed by atoms with E-state index in [0.717, 1.165) is 12.6 Å². The van der Waals surface area contributed by atoms with Gasteiger partial charge in [-0.25, -0.2) is 0 Å². The lowest BCUT2D eigenvalue weighted by Crippen LogP contribution is -2.38. The number of hydrogen-bond acceptors (Lipinski definition) is 3. The van der Waals surface area contributed by atoms with Crippen molar-refractivity contribution >= 4 is 27.3 Å². The van der Waals surface area contributed by atoms with Crippen LogP contribution in [0.5, 0.6) is 0 Å². The highest BCUT2D eigenvalue weighted by Gasteiger charge is 2.22. The monoisotopic (exact) mass is 302 g/mol. The van der Waals surface area contributed by atoms with E-state index in [2.05, 4.69) is 40.0 Å². The second-order valence-corrected chi connectivity index (χ2v) is 7.24. The fraction of sp³-hybridized carbons (Fsp3) is 0.667. The van der Waals surface area contributed by atoms with Crippen molar-refractivity contribution in [2.75, 3.05) is 7.05 Å². The zero-order valence-corrected chi connectivity index (χ0v) is 12.1. The van der Waals surface area contributed by atoms with Crippen LogP contribution < -0.4 is 5.73 Å². The molecule has 1 saturated carbocycles. The van der Waals surface area contributed by atoms with Gasteiger partial charge in [0, 0.05) is 23.5 Å². The van der Waals surface area contributed by atoms with Crippen LogP contribution in [0.3, 0.4) is 0 Å². The van der Waals surface area contributed by atoms with Gasteiger partial charge in [-0.1, -0.05) is 0 Å². The van der Waals surface area contributed by atoms with E-state index in [0.29, 0.717) is 6.04 Å². The molecule has 1 fully saturated rings. The van der Waals surface area contributed by atoms with Crippen LogP contribution in [-0.4, -0.2) is 24.0 Å². The predicted molar refractivity (Wildman–Crippen MR) is 73.7 cm³/mol. The lowest BCUT2D eigenvalue weighted by Gasteiger charge is -2.33. The molecule has 0 saturated heterocycles. The first-order chi connectivity index (χ1) is 7.65. The lowest BCUT2D eigenvalue weighted by atomic mass is 9.91. The molecule has 0 unspecified atom stereocenters. The molecule has 1 aliphatic carbocycles. The standard InChI is InChI=1S/C12H19BrN2S/c1-15(8-11-6-7-12(13)16-11)10-4-2-9(14)3-5-10/h6-7,9-10H,2-5,8,14H2,1H3. The Labute approximate surface area is 110 Å². The Morgan fingerprint density at radius 3 is 2.62 bits per heavy atom. The lowest BCUT2D eigenvalue weighted by molar-refractivity contribution is 0.177. The van der Waals surface area contributed by atoms with Crippen LogP contribution in [0.25, 0.3) is 0 Å². The van der Waals surface area contributed by atoms with Crippen molar-refractivity contribution in [3.8, 4) is 0 Å². The van der Waals surface area contributed by atoms with Gasteiger partial charge in [0.2, 0.25) is 0 Å². The maximum Gasteiger partial charge on any atom is 0.0701 e. The summed E-state index contributed by atoms with van der Waals surface area (Å²) >= 11 is 5.34. The molecule has 4 heteroatoms. The third-order valence-corrected chi connectivity index (χ3v) is 5.01. The first-order valence-electron chi connectivity index (χ1n) is 5.85. The number of nitrogens with zero attached hydrogens (tertiary/aromatic N) is 1. The first kappa shape index (κ1) is 12.6. The van der Waals surface area contributed by atoms with E-state index in [1.54, 1.807) is 0 Å². The van der Waals surface area contributed by atoms with E-state index in [9.17, 15) is 0 Å². The van der Waals surface area contributed by atoms with Crippen LogP contribution in [0, 0.1) is 0 Å². The van der Waals surface area contributed by atoms with Crippen molar-refractivity contribution in [2.45, 2.75) is 44.3 Å². The molecule has 16 heavy (non-hydrogen) atoms. The van der Waals surface area contributed by atoms with Gasteiger partial charge >= 0.3 is 0 Å². The van der Waals surface area contributed by atoms with Crippen molar-refractivity contribution in [2.24, 2.45) is 5.73 Å². The Hall–Kier alpha value is 0.1000. The second-order valence-electron chi connectivity index (χ2n) is 4.69. The normalized spacial score (nSPS) is 26.2. The van der Waals surface area contributed by atoms with Crippen LogP contribution in [0.2, 0.25) is 0 Å². The Kier molecular flexibility index (Phi) is 4.41. The number of halogens is 1. The fourth-order valence-corrected chi connectivity index (χ4v) is 3.90. The summed E-state index contributed by atoms with van der Waals surface area (Å²) in [4.78, 5) is 3.91. The number of hydrogen-bond donors (Lipinski definition) is 1. The topological polar surface area (TPSA) is 29.3 Å². The summed E-state index contributed by atoms with van der Waals surface area (Å²) in [6, 6.07) is 5.51. The summed E-state index contributed by atoms with van der Waals surface area (Å²) in [5.41, 5.74) is 5.93. The highest BCUT2D eigenvalue weighted by molar-refractivity contribution is 9.11. The van der Waals surface area contributed by atoms with Crippen molar-refractivity contribution in [1.29, 1.82) is 0 Å². The summed E-state index contributed by atoms with van der Waals surface area (Å²) in [5, 5.41) is 0. The summed E-state index contributed by atoms with van der Waals surface area (Å²) < 4.78 is 1.22. The quantitative estimate of drug-likeness (QED) is 0.929. The molecule has 0 spiro atoms. The maximum atomic E-state index is 5.93. The molecular formula is C12H19BrN2S. The Morgan fingerprint density at radius 1 is 1.38 bits per heavy atom. The largest absolute Gasteiger partial charge is 0.328 e.